The highest BCUT2D eigenvalue weighted by atomic mass is 35.5. The minimum Gasteiger partial charge on any atom is -0.397 e. The molecular formula is C19H16ClFN6OS2. The molecule has 30 heavy (non-hydrogen) atoms. The van der Waals surface area contributed by atoms with Gasteiger partial charge in [-0.2, -0.15) is 0 Å². The molecule has 0 radical (unpaired) electrons. The topological polar surface area (TPSA) is 98.7 Å². The fourth-order valence-corrected chi connectivity index (χ4v) is 4.84. The Morgan fingerprint density at radius 2 is 2.20 bits per heavy atom. The van der Waals surface area contributed by atoms with Crippen LogP contribution in [0.25, 0.3) is 20.9 Å². The Labute approximate surface area is 184 Å². The number of fused-ring (bicyclic) bond motifs is 1. The number of carbonyl (C=O) groups is 1. The van der Waals surface area contributed by atoms with Gasteiger partial charge in [0.25, 0.3) is 0 Å². The standard InChI is InChI=1S/C19H16ClFN6OS2/c1-2-27-17(16-15(22)11-4-3-7-23-18(11)30-16)25-26-19(27)29-9-14(28)24-10-5-6-12(20)13(21)8-10/h3-8H,2,9,22H2,1H3,(H,24,28). The molecule has 0 saturated heterocycles. The molecule has 0 aliphatic carbocycles. The number of anilines is 2. The molecule has 1 aromatic carbocycles. The number of benzene rings is 1. The molecule has 1 amide bonds. The van der Waals surface area contributed by atoms with Gasteiger partial charge in [-0.3, -0.25) is 4.79 Å². The second kappa shape index (κ2) is 8.58. The van der Waals surface area contributed by atoms with E-state index >= 15 is 0 Å². The van der Waals surface area contributed by atoms with Gasteiger partial charge in [-0.15, -0.1) is 21.5 Å². The van der Waals surface area contributed by atoms with E-state index in [-0.39, 0.29) is 16.7 Å². The molecule has 0 aliphatic rings. The van der Waals surface area contributed by atoms with E-state index in [1.54, 1.807) is 12.3 Å². The Bertz CT molecular complexity index is 1240. The summed E-state index contributed by atoms with van der Waals surface area (Å²) in [5, 5.41) is 12.6. The van der Waals surface area contributed by atoms with Gasteiger partial charge >= 0.3 is 0 Å². The number of aromatic nitrogens is 4. The molecule has 3 aromatic heterocycles. The highest BCUT2D eigenvalue weighted by molar-refractivity contribution is 7.99. The number of rotatable bonds is 6. The first kappa shape index (κ1) is 20.6. The molecule has 4 rings (SSSR count). The van der Waals surface area contributed by atoms with E-state index in [9.17, 15) is 9.18 Å². The Morgan fingerprint density at radius 3 is 2.93 bits per heavy atom. The van der Waals surface area contributed by atoms with Crippen LogP contribution >= 0.6 is 34.7 Å². The van der Waals surface area contributed by atoms with Gasteiger partial charge in [0.15, 0.2) is 11.0 Å². The number of nitrogen functional groups attached to an aromatic ring is 1. The quantitative estimate of drug-likeness (QED) is 0.403. The molecule has 0 fully saturated rings. The van der Waals surface area contributed by atoms with Crippen molar-refractivity contribution in [2.45, 2.75) is 18.6 Å². The van der Waals surface area contributed by atoms with Gasteiger partial charge < -0.3 is 15.6 Å². The number of hydrogen-bond donors (Lipinski definition) is 2. The molecule has 0 atom stereocenters. The Kier molecular flexibility index (Phi) is 5.89. The van der Waals surface area contributed by atoms with Crippen LogP contribution in [0.1, 0.15) is 6.92 Å². The lowest BCUT2D eigenvalue weighted by molar-refractivity contribution is -0.113. The third-order valence-corrected chi connectivity index (χ3v) is 6.68. The summed E-state index contributed by atoms with van der Waals surface area (Å²) in [5.41, 5.74) is 7.27. The van der Waals surface area contributed by atoms with Gasteiger partial charge in [0, 0.05) is 23.8 Å². The molecule has 3 heterocycles. The van der Waals surface area contributed by atoms with Crippen LogP contribution < -0.4 is 11.1 Å². The Morgan fingerprint density at radius 1 is 1.37 bits per heavy atom. The lowest BCUT2D eigenvalue weighted by Crippen LogP contribution is -2.14. The van der Waals surface area contributed by atoms with Gasteiger partial charge in [-0.25, -0.2) is 9.37 Å². The average Bonchev–Trinajstić information content (AvgIpc) is 3.30. The number of thiophene rings is 1. The SMILES string of the molecule is CCn1c(SCC(=O)Nc2ccc(Cl)c(F)c2)nnc1-c1sc2ncccc2c1N. The number of amides is 1. The van der Waals surface area contributed by atoms with Crippen LogP contribution in [0.5, 0.6) is 0 Å². The first-order valence-corrected chi connectivity index (χ1v) is 11.1. The van der Waals surface area contributed by atoms with Gasteiger partial charge in [0.1, 0.15) is 10.6 Å². The van der Waals surface area contributed by atoms with Crippen molar-refractivity contribution in [3.8, 4) is 10.7 Å². The lowest BCUT2D eigenvalue weighted by Gasteiger charge is -2.08. The maximum atomic E-state index is 13.5. The fourth-order valence-electron chi connectivity index (χ4n) is 2.87. The summed E-state index contributed by atoms with van der Waals surface area (Å²) in [4.78, 5) is 18.2. The molecule has 0 aliphatic heterocycles. The molecule has 154 valence electrons. The zero-order valence-corrected chi connectivity index (χ0v) is 18.1. The molecule has 7 nitrogen and oxygen atoms in total. The second-order valence-corrected chi connectivity index (χ2v) is 8.57. The molecule has 4 aromatic rings. The largest absolute Gasteiger partial charge is 0.397 e. The molecule has 0 bridgehead atoms. The van der Waals surface area contributed by atoms with Crippen LogP contribution in [0.4, 0.5) is 15.8 Å². The Hall–Kier alpha value is -2.69. The first-order chi connectivity index (χ1) is 14.5. The van der Waals surface area contributed by atoms with Gasteiger partial charge in [0.05, 0.1) is 21.3 Å². The van der Waals surface area contributed by atoms with E-state index in [4.69, 9.17) is 17.3 Å². The highest BCUT2D eigenvalue weighted by Gasteiger charge is 2.20. The predicted molar refractivity (Wildman–Crippen MR) is 119 cm³/mol. The number of pyridine rings is 1. The van der Waals surface area contributed by atoms with Crippen molar-refractivity contribution in [2.24, 2.45) is 0 Å². The van der Waals surface area contributed by atoms with Crippen LogP contribution in [0, 0.1) is 5.82 Å². The summed E-state index contributed by atoms with van der Waals surface area (Å²) in [6.45, 7) is 2.57. The molecule has 3 N–H and O–H groups in total. The number of halogens is 2. The third-order valence-electron chi connectivity index (χ3n) is 4.28. The van der Waals surface area contributed by atoms with Crippen molar-refractivity contribution < 1.29 is 9.18 Å². The number of thioether (sulfide) groups is 1. The molecule has 11 heteroatoms. The maximum Gasteiger partial charge on any atom is 0.234 e. The summed E-state index contributed by atoms with van der Waals surface area (Å²) < 4.78 is 15.4. The van der Waals surface area contributed by atoms with Crippen LogP contribution in [0.2, 0.25) is 5.02 Å². The van der Waals surface area contributed by atoms with E-state index in [0.29, 0.717) is 28.9 Å². The minimum atomic E-state index is -0.590. The van der Waals surface area contributed by atoms with Crippen molar-refractivity contribution >= 4 is 62.2 Å². The van der Waals surface area contributed by atoms with E-state index in [2.05, 4.69) is 20.5 Å². The average molecular weight is 463 g/mol. The number of hydrogen-bond acceptors (Lipinski definition) is 7. The van der Waals surface area contributed by atoms with Crippen molar-refractivity contribution in [1.29, 1.82) is 0 Å². The summed E-state index contributed by atoms with van der Waals surface area (Å²) >= 11 is 8.35. The fraction of sp³-hybridized carbons (Fsp3) is 0.158. The summed E-state index contributed by atoms with van der Waals surface area (Å²) in [7, 11) is 0. The zero-order chi connectivity index (χ0) is 21.3. The highest BCUT2D eigenvalue weighted by Crippen LogP contribution is 2.39. The van der Waals surface area contributed by atoms with E-state index in [1.807, 2.05) is 23.6 Å². The number of nitrogens with one attached hydrogen (secondary N) is 1. The summed E-state index contributed by atoms with van der Waals surface area (Å²) in [6, 6.07) is 7.87. The monoisotopic (exact) mass is 462 g/mol. The first-order valence-electron chi connectivity index (χ1n) is 8.92. The van der Waals surface area contributed by atoms with Crippen molar-refractivity contribution in [1.82, 2.24) is 19.7 Å². The molecule has 0 spiro atoms. The summed E-state index contributed by atoms with van der Waals surface area (Å²) in [6.07, 6.45) is 1.72. The van der Waals surface area contributed by atoms with Crippen LogP contribution in [-0.2, 0) is 11.3 Å². The molecular weight excluding hydrogens is 447 g/mol. The molecule has 0 unspecified atom stereocenters. The van der Waals surface area contributed by atoms with Crippen LogP contribution in [0.15, 0.2) is 41.7 Å². The van der Waals surface area contributed by atoms with Gasteiger partial charge in [-0.1, -0.05) is 23.4 Å². The van der Waals surface area contributed by atoms with Crippen molar-refractivity contribution in [3.05, 3.63) is 47.4 Å². The predicted octanol–water partition coefficient (Wildman–Crippen LogP) is 4.68. The van der Waals surface area contributed by atoms with Crippen molar-refractivity contribution in [2.75, 3.05) is 16.8 Å². The number of carbonyl (C=O) groups excluding carboxylic acids is 1. The third kappa shape index (κ3) is 3.98. The van der Waals surface area contributed by atoms with Gasteiger partial charge in [0.2, 0.25) is 5.91 Å². The lowest BCUT2D eigenvalue weighted by atomic mass is 10.2. The van der Waals surface area contributed by atoms with E-state index < -0.39 is 5.82 Å². The maximum absolute atomic E-state index is 13.5. The number of nitrogens with two attached hydrogens (primary N) is 1. The smallest absolute Gasteiger partial charge is 0.234 e. The molecule has 0 saturated carbocycles. The van der Waals surface area contributed by atoms with Crippen molar-refractivity contribution in [3.63, 3.8) is 0 Å². The normalized spacial score (nSPS) is 11.2. The van der Waals surface area contributed by atoms with Crippen LogP contribution in [0.3, 0.4) is 0 Å². The number of nitrogens with zero attached hydrogens (tertiary/aromatic N) is 4. The summed E-state index contributed by atoms with van der Waals surface area (Å²) in [5.74, 6) is -0.153. The van der Waals surface area contributed by atoms with Crippen LogP contribution in [-0.4, -0.2) is 31.4 Å². The van der Waals surface area contributed by atoms with Gasteiger partial charge in [-0.05, 0) is 37.3 Å². The minimum absolute atomic E-state index is 0.00154. The van der Waals surface area contributed by atoms with E-state index in [0.717, 1.165) is 15.1 Å². The van der Waals surface area contributed by atoms with E-state index in [1.165, 1.54) is 35.2 Å². The second-order valence-electron chi connectivity index (χ2n) is 6.22. The Balaban J connectivity index is 1.51. The zero-order valence-electron chi connectivity index (χ0n) is 15.7.